The first kappa shape index (κ1) is 15.0. The molecule has 0 fully saturated rings. The van der Waals surface area contributed by atoms with Crippen LogP contribution < -0.4 is 10.5 Å². The summed E-state index contributed by atoms with van der Waals surface area (Å²) in [4.78, 5) is 0.262. The Labute approximate surface area is 109 Å². The monoisotopic (exact) mass is 271 g/mol. The molecule has 0 radical (unpaired) electrons. The van der Waals surface area contributed by atoms with E-state index in [4.69, 9.17) is 10.5 Å². The molecule has 0 saturated carbocycles. The second kappa shape index (κ2) is 6.75. The lowest BCUT2D eigenvalue weighted by Gasteiger charge is -2.11. The van der Waals surface area contributed by atoms with Gasteiger partial charge in [0.1, 0.15) is 10.6 Å². The zero-order valence-electron chi connectivity index (χ0n) is 10.9. The van der Waals surface area contributed by atoms with Gasteiger partial charge in [-0.3, -0.25) is 0 Å². The maximum Gasteiger partial charge on any atom is 0.182 e. The minimum Gasteiger partial charge on any atom is -0.495 e. The van der Waals surface area contributed by atoms with Gasteiger partial charge in [-0.15, -0.1) is 0 Å². The van der Waals surface area contributed by atoms with E-state index in [1.807, 2.05) is 6.92 Å². The molecule has 18 heavy (non-hydrogen) atoms. The molecule has 4 nitrogen and oxygen atoms in total. The van der Waals surface area contributed by atoms with Crippen molar-refractivity contribution in [2.45, 2.75) is 37.1 Å². The molecule has 0 spiro atoms. The summed E-state index contributed by atoms with van der Waals surface area (Å²) in [5, 5.41) is 0. The minimum atomic E-state index is -3.29. The number of ether oxygens (including phenoxy) is 1. The van der Waals surface area contributed by atoms with Gasteiger partial charge in [0.2, 0.25) is 0 Å². The van der Waals surface area contributed by atoms with Crippen LogP contribution in [0, 0.1) is 0 Å². The zero-order valence-corrected chi connectivity index (χ0v) is 11.7. The lowest BCUT2D eigenvalue weighted by molar-refractivity contribution is 0.402. The fourth-order valence-corrected chi connectivity index (χ4v) is 3.24. The SMILES string of the molecule is CCC(N)CCCS(=O)(=O)c1ccccc1OC. The van der Waals surface area contributed by atoms with Crippen molar-refractivity contribution in [1.82, 2.24) is 0 Å². The van der Waals surface area contributed by atoms with Gasteiger partial charge in [-0.1, -0.05) is 19.1 Å². The van der Waals surface area contributed by atoms with Crippen LogP contribution in [0.1, 0.15) is 26.2 Å². The highest BCUT2D eigenvalue weighted by atomic mass is 32.2. The Balaban J connectivity index is 2.74. The number of para-hydroxylation sites is 1. The van der Waals surface area contributed by atoms with E-state index in [9.17, 15) is 8.42 Å². The van der Waals surface area contributed by atoms with E-state index in [1.54, 1.807) is 24.3 Å². The topological polar surface area (TPSA) is 69.4 Å². The van der Waals surface area contributed by atoms with Crippen molar-refractivity contribution in [2.75, 3.05) is 12.9 Å². The molecule has 1 aromatic carbocycles. The number of rotatable bonds is 7. The summed E-state index contributed by atoms with van der Waals surface area (Å²) in [6.45, 7) is 2.00. The summed E-state index contributed by atoms with van der Waals surface area (Å²) in [6.07, 6.45) is 2.18. The zero-order chi connectivity index (χ0) is 13.6. The van der Waals surface area contributed by atoms with Crippen LogP contribution in [0.25, 0.3) is 0 Å². The fourth-order valence-electron chi connectivity index (χ4n) is 1.73. The average Bonchev–Trinajstić information content (AvgIpc) is 2.38. The van der Waals surface area contributed by atoms with Crippen LogP contribution in [0.4, 0.5) is 0 Å². The molecule has 102 valence electrons. The number of benzene rings is 1. The van der Waals surface area contributed by atoms with Crippen LogP contribution in [0.2, 0.25) is 0 Å². The quantitative estimate of drug-likeness (QED) is 0.823. The molecule has 1 atom stereocenters. The second-order valence-electron chi connectivity index (χ2n) is 4.28. The van der Waals surface area contributed by atoms with Crippen LogP contribution in [-0.4, -0.2) is 27.3 Å². The number of hydrogen-bond acceptors (Lipinski definition) is 4. The smallest absolute Gasteiger partial charge is 0.182 e. The summed E-state index contributed by atoms with van der Waals surface area (Å²) < 4.78 is 29.4. The Bertz CT molecular complexity index is 471. The van der Waals surface area contributed by atoms with Crippen LogP contribution in [0.3, 0.4) is 0 Å². The first-order valence-corrected chi connectivity index (χ1v) is 7.78. The van der Waals surface area contributed by atoms with E-state index in [1.165, 1.54) is 7.11 Å². The van der Waals surface area contributed by atoms with Gasteiger partial charge in [0.05, 0.1) is 12.9 Å². The van der Waals surface area contributed by atoms with Gasteiger partial charge >= 0.3 is 0 Å². The highest BCUT2D eigenvalue weighted by Crippen LogP contribution is 2.24. The molecule has 0 aliphatic rings. The van der Waals surface area contributed by atoms with Crippen LogP contribution >= 0.6 is 0 Å². The summed E-state index contributed by atoms with van der Waals surface area (Å²) in [7, 11) is -1.81. The van der Waals surface area contributed by atoms with E-state index in [0.717, 1.165) is 12.8 Å². The molecule has 0 bridgehead atoms. The molecular formula is C13H21NO3S. The Morgan fingerprint density at radius 1 is 1.33 bits per heavy atom. The Morgan fingerprint density at radius 3 is 2.61 bits per heavy atom. The largest absolute Gasteiger partial charge is 0.495 e. The van der Waals surface area contributed by atoms with E-state index < -0.39 is 9.84 Å². The van der Waals surface area contributed by atoms with Crippen molar-refractivity contribution in [3.63, 3.8) is 0 Å². The first-order chi connectivity index (χ1) is 8.51. The van der Waals surface area contributed by atoms with E-state index in [2.05, 4.69) is 0 Å². The molecule has 2 N–H and O–H groups in total. The summed E-state index contributed by atoms with van der Waals surface area (Å²) >= 11 is 0. The van der Waals surface area contributed by atoms with Crippen molar-refractivity contribution in [3.05, 3.63) is 24.3 Å². The van der Waals surface area contributed by atoms with Gasteiger partial charge < -0.3 is 10.5 Å². The molecule has 1 aromatic rings. The highest BCUT2D eigenvalue weighted by Gasteiger charge is 2.18. The van der Waals surface area contributed by atoms with Gasteiger partial charge in [-0.05, 0) is 31.4 Å². The lowest BCUT2D eigenvalue weighted by Crippen LogP contribution is -2.20. The predicted molar refractivity (Wildman–Crippen MR) is 72.5 cm³/mol. The first-order valence-electron chi connectivity index (χ1n) is 6.12. The van der Waals surface area contributed by atoms with Crippen molar-refractivity contribution in [3.8, 4) is 5.75 Å². The summed E-state index contributed by atoms with van der Waals surface area (Å²) in [5.41, 5.74) is 5.78. The van der Waals surface area contributed by atoms with Gasteiger partial charge in [-0.25, -0.2) is 8.42 Å². The molecule has 0 aliphatic carbocycles. The van der Waals surface area contributed by atoms with E-state index in [0.29, 0.717) is 12.2 Å². The molecule has 0 saturated heterocycles. The highest BCUT2D eigenvalue weighted by molar-refractivity contribution is 7.91. The summed E-state index contributed by atoms with van der Waals surface area (Å²) in [6, 6.07) is 6.77. The Morgan fingerprint density at radius 2 is 2.00 bits per heavy atom. The van der Waals surface area contributed by atoms with Gasteiger partial charge in [0.15, 0.2) is 9.84 Å². The third-order valence-electron chi connectivity index (χ3n) is 2.92. The third-order valence-corrected chi connectivity index (χ3v) is 4.75. The van der Waals surface area contributed by atoms with Gasteiger partial charge in [-0.2, -0.15) is 0 Å². The minimum absolute atomic E-state index is 0.0814. The lowest BCUT2D eigenvalue weighted by atomic mass is 10.1. The maximum absolute atomic E-state index is 12.2. The van der Waals surface area contributed by atoms with E-state index in [-0.39, 0.29) is 16.7 Å². The van der Waals surface area contributed by atoms with Crippen LogP contribution in [0.15, 0.2) is 29.2 Å². The standard InChI is InChI=1S/C13H21NO3S/c1-3-11(14)7-6-10-18(15,16)13-9-5-4-8-12(13)17-2/h4-5,8-9,11H,3,6-7,10,14H2,1-2H3. The van der Waals surface area contributed by atoms with Crippen molar-refractivity contribution < 1.29 is 13.2 Å². The van der Waals surface area contributed by atoms with E-state index >= 15 is 0 Å². The molecule has 0 amide bonds. The number of sulfone groups is 1. The number of nitrogens with two attached hydrogens (primary N) is 1. The molecular weight excluding hydrogens is 250 g/mol. The van der Waals surface area contributed by atoms with Crippen LogP contribution in [-0.2, 0) is 9.84 Å². The van der Waals surface area contributed by atoms with Gasteiger partial charge in [0, 0.05) is 6.04 Å². The molecule has 0 aromatic heterocycles. The second-order valence-corrected chi connectivity index (χ2v) is 6.36. The predicted octanol–water partition coefficient (Wildman–Crippen LogP) is 1.99. The molecule has 0 aliphatic heterocycles. The fraction of sp³-hybridized carbons (Fsp3) is 0.538. The molecule has 5 heteroatoms. The Kier molecular flexibility index (Phi) is 5.62. The third kappa shape index (κ3) is 3.99. The van der Waals surface area contributed by atoms with Crippen molar-refractivity contribution in [2.24, 2.45) is 5.73 Å². The number of methoxy groups -OCH3 is 1. The van der Waals surface area contributed by atoms with Crippen molar-refractivity contribution in [1.29, 1.82) is 0 Å². The van der Waals surface area contributed by atoms with Crippen LogP contribution in [0.5, 0.6) is 5.75 Å². The van der Waals surface area contributed by atoms with Gasteiger partial charge in [0.25, 0.3) is 0 Å². The average molecular weight is 271 g/mol. The normalized spacial score (nSPS) is 13.3. The molecule has 1 unspecified atom stereocenters. The Hall–Kier alpha value is -1.07. The maximum atomic E-state index is 12.2. The molecule has 0 heterocycles. The van der Waals surface area contributed by atoms with Crippen molar-refractivity contribution >= 4 is 9.84 Å². The summed E-state index contributed by atoms with van der Waals surface area (Å²) in [5.74, 6) is 0.512. The molecule has 1 rings (SSSR count). The number of hydrogen-bond donors (Lipinski definition) is 1.